The van der Waals surface area contributed by atoms with Crippen LogP contribution in [0.4, 0.5) is 0 Å². The Kier molecular flexibility index (Phi) is 21.0. The van der Waals surface area contributed by atoms with Crippen molar-refractivity contribution < 1.29 is 21.8 Å². The second-order valence-electron chi connectivity index (χ2n) is 8.24. The van der Waals surface area contributed by atoms with Gasteiger partial charge in [-0.05, 0) is 40.5 Å². The highest BCUT2D eigenvalue weighted by Gasteiger charge is 2.52. The van der Waals surface area contributed by atoms with E-state index in [2.05, 4.69) is 13.8 Å². The summed E-state index contributed by atoms with van der Waals surface area (Å²) in [6, 6.07) is 1.71. The number of rotatable bonds is 24. The Labute approximate surface area is 196 Å². The molecule has 0 aliphatic rings. The second kappa shape index (κ2) is 20.8. The largest absolute Gasteiger partial charge is 0.493 e. The van der Waals surface area contributed by atoms with E-state index in [0.29, 0.717) is 26.4 Å². The van der Waals surface area contributed by atoms with Crippen molar-refractivity contribution in [2.24, 2.45) is 0 Å². The highest BCUT2D eigenvalue weighted by molar-refractivity contribution is 6.75. The van der Waals surface area contributed by atoms with Crippen molar-refractivity contribution in [3.8, 4) is 0 Å². The highest BCUT2D eigenvalue weighted by Crippen LogP contribution is 2.30. The van der Waals surface area contributed by atoms with Crippen LogP contribution >= 0.6 is 0 Å². The summed E-state index contributed by atoms with van der Waals surface area (Å²) in [4.78, 5) is 0. The monoisotopic (exact) mass is 478 g/mol. The second-order valence-corrected chi connectivity index (χ2v) is 13.9. The van der Waals surface area contributed by atoms with Gasteiger partial charge in [0.1, 0.15) is 0 Å². The number of hydrogen-bond donors (Lipinski definition) is 0. The summed E-state index contributed by atoms with van der Waals surface area (Å²) >= 11 is 0. The maximum atomic E-state index is 6.83. The molecule has 0 fully saturated rings. The van der Waals surface area contributed by atoms with Gasteiger partial charge >= 0.3 is 17.6 Å². The molecular weight excluding hydrogens is 424 g/mol. The Morgan fingerprint density at radius 3 is 0.968 bits per heavy atom. The number of unbranched alkanes of at least 4 members (excludes halogenated alkanes) is 10. The summed E-state index contributed by atoms with van der Waals surface area (Å²) in [7, 11) is -5.69. The minimum Gasteiger partial charge on any atom is -0.374 e. The molecule has 0 unspecified atom stereocenters. The summed E-state index contributed by atoms with van der Waals surface area (Å²) in [6.07, 6.45) is 14.9. The van der Waals surface area contributed by atoms with Crippen LogP contribution in [-0.2, 0) is 21.8 Å². The van der Waals surface area contributed by atoms with Crippen molar-refractivity contribution >= 4 is 17.6 Å². The Hall–Kier alpha value is 0.234. The van der Waals surface area contributed by atoms with E-state index in [1.54, 1.807) is 0 Å². The molecule has 7 heteroatoms. The first kappa shape index (κ1) is 31.2. The van der Waals surface area contributed by atoms with Crippen molar-refractivity contribution in [3.05, 3.63) is 0 Å². The molecule has 0 radical (unpaired) electrons. The molecule has 0 heterocycles. The molecule has 0 rings (SSSR count). The summed E-state index contributed by atoms with van der Waals surface area (Å²) in [5.74, 6) is 0. The normalized spacial score (nSPS) is 12.6. The van der Waals surface area contributed by atoms with Crippen LogP contribution in [0.5, 0.6) is 0 Å². The van der Waals surface area contributed by atoms with Crippen molar-refractivity contribution in [1.29, 1.82) is 0 Å². The van der Waals surface area contributed by atoms with E-state index in [-0.39, 0.29) is 0 Å². The SMILES string of the molecule is CCCCCCCC[Si](OCC)(OCC)O[Si](CCCCCCCC)(OCC)OCC. The van der Waals surface area contributed by atoms with Gasteiger partial charge < -0.3 is 21.8 Å². The van der Waals surface area contributed by atoms with Crippen molar-refractivity contribution in [1.82, 2.24) is 0 Å². The molecule has 0 bridgehead atoms. The summed E-state index contributed by atoms with van der Waals surface area (Å²) in [5.41, 5.74) is 0. The number of hydrogen-bond acceptors (Lipinski definition) is 5. The van der Waals surface area contributed by atoms with Gasteiger partial charge in [0.25, 0.3) is 0 Å². The molecule has 5 nitrogen and oxygen atoms in total. The molecule has 31 heavy (non-hydrogen) atoms. The van der Waals surface area contributed by atoms with Gasteiger partial charge in [-0.2, -0.15) is 0 Å². The van der Waals surface area contributed by atoms with E-state index in [9.17, 15) is 0 Å². The fourth-order valence-electron chi connectivity index (χ4n) is 3.95. The molecule has 0 amide bonds. The first-order chi connectivity index (χ1) is 15.1. The minimum atomic E-state index is -2.84. The van der Waals surface area contributed by atoms with Gasteiger partial charge in [0.05, 0.1) is 0 Å². The summed E-state index contributed by atoms with van der Waals surface area (Å²) < 4.78 is 31.9. The van der Waals surface area contributed by atoms with Crippen LogP contribution in [0.1, 0.15) is 119 Å². The van der Waals surface area contributed by atoms with Gasteiger partial charge in [-0.25, -0.2) is 0 Å². The molecule has 0 spiro atoms. The van der Waals surface area contributed by atoms with Crippen LogP contribution < -0.4 is 0 Å². The van der Waals surface area contributed by atoms with E-state index in [4.69, 9.17) is 21.8 Å². The van der Waals surface area contributed by atoms with Crippen LogP contribution in [0.15, 0.2) is 0 Å². The van der Waals surface area contributed by atoms with Crippen LogP contribution in [0.2, 0.25) is 12.1 Å². The lowest BCUT2D eigenvalue weighted by atomic mass is 10.1. The third-order valence-electron chi connectivity index (χ3n) is 5.44. The summed E-state index contributed by atoms with van der Waals surface area (Å²) in [5, 5.41) is 0. The van der Waals surface area contributed by atoms with Crippen LogP contribution in [-0.4, -0.2) is 44.0 Å². The quantitative estimate of drug-likeness (QED) is 0.105. The topological polar surface area (TPSA) is 46.2 Å². The fraction of sp³-hybridized carbons (Fsp3) is 1.00. The predicted molar refractivity (Wildman–Crippen MR) is 135 cm³/mol. The van der Waals surface area contributed by atoms with E-state index in [0.717, 1.165) is 24.9 Å². The summed E-state index contributed by atoms with van der Waals surface area (Å²) in [6.45, 7) is 15.0. The molecule has 0 atom stereocenters. The first-order valence-corrected chi connectivity index (χ1v) is 17.2. The van der Waals surface area contributed by atoms with Crippen molar-refractivity contribution in [3.63, 3.8) is 0 Å². The van der Waals surface area contributed by atoms with Crippen LogP contribution in [0.3, 0.4) is 0 Å². The maximum absolute atomic E-state index is 6.83. The zero-order valence-corrected chi connectivity index (χ0v) is 23.8. The van der Waals surface area contributed by atoms with Gasteiger partial charge in [0, 0.05) is 38.5 Å². The fourth-order valence-corrected chi connectivity index (χ4v) is 11.5. The Morgan fingerprint density at radius 2 is 0.677 bits per heavy atom. The van der Waals surface area contributed by atoms with Crippen LogP contribution in [0, 0.1) is 0 Å². The standard InChI is InChI=1S/C24H54O5Si2/c1-7-13-15-17-19-21-23-30(25-9-3,26-10-4)29-31(27-11-5,28-12-6)24-22-20-18-16-14-8-2/h7-24H2,1-6H3. The lowest BCUT2D eigenvalue weighted by Crippen LogP contribution is -2.59. The minimum absolute atomic E-state index is 0.599. The third-order valence-corrected chi connectivity index (χ3v) is 12.8. The Bertz CT molecular complexity index is 339. The van der Waals surface area contributed by atoms with Crippen molar-refractivity contribution in [2.75, 3.05) is 26.4 Å². The lowest BCUT2D eigenvalue weighted by molar-refractivity contribution is 0.0487. The molecule has 188 valence electrons. The lowest BCUT2D eigenvalue weighted by Gasteiger charge is -2.38. The molecule has 0 aliphatic heterocycles. The first-order valence-electron chi connectivity index (χ1n) is 13.3. The average Bonchev–Trinajstić information content (AvgIpc) is 2.74. The third kappa shape index (κ3) is 14.9. The van der Waals surface area contributed by atoms with E-state index in [1.807, 2.05) is 27.7 Å². The molecule has 0 saturated heterocycles. The molecule has 0 aromatic carbocycles. The Morgan fingerprint density at radius 1 is 0.387 bits per heavy atom. The maximum Gasteiger partial charge on any atom is 0.493 e. The van der Waals surface area contributed by atoms with Gasteiger partial charge in [0.15, 0.2) is 0 Å². The predicted octanol–water partition coefficient (Wildman–Crippen LogP) is 7.75. The van der Waals surface area contributed by atoms with E-state index >= 15 is 0 Å². The highest BCUT2D eigenvalue weighted by atomic mass is 28.5. The zero-order valence-electron chi connectivity index (χ0n) is 21.8. The van der Waals surface area contributed by atoms with Gasteiger partial charge in [-0.15, -0.1) is 0 Å². The molecular formula is C24H54O5Si2. The smallest absolute Gasteiger partial charge is 0.374 e. The zero-order chi connectivity index (χ0) is 23.3. The molecule has 0 N–H and O–H groups in total. The molecule has 0 aromatic heterocycles. The van der Waals surface area contributed by atoms with Gasteiger partial charge in [0.2, 0.25) is 0 Å². The molecule has 0 aromatic rings. The molecule has 0 saturated carbocycles. The van der Waals surface area contributed by atoms with Gasteiger partial charge in [-0.1, -0.05) is 78.1 Å². The van der Waals surface area contributed by atoms with E-state index in [1.165, 1.54) is 64.2 Å². The Balaban J connectivity index is 5.19. The van der Waals surface area contributed by atoms with Crippen molar-refractivity contribution in [2.45, 2.75) is 131 Å². The van der Waals surface area contributed by atoms with E-state index < -0.39 is 17.6 Å². The van der Waals surface area contributed by atoms with Gasteiger partial charge in [-0.3, -0.25) is 0 Å². The van der Waals surface area contributed by atoms with Crippen LogP contribution in [0.25, 0.3) is 0 Å². The average molecular weight is 479 g/mol. The molecule has 0 aliphatic carbocycles.